The fourth-order valence-electron chi connectivity index (χ4n) is 2.32. The molecule has 0 aliphatic rings. The Morgan fingerprint density at radius 2 is 1.77 bits per heavy atom. The maximum absolute atomic E-state index is 12.2. The van der Waals surface area contributed by atoms with Gasteiger partial charge in [0.25, 0.3) is 11.6 Å². The molecule has 0 unspecified atom stereocenters. The molecule has 114 valence electrons. The van der Waals surface area contributed by atoms with Gasteiger partial charge in [0.15, 0.2) is 0 Å². The van der Waals surface area contributed by atoms with Gasteiger partial charge in [-0.25, -0.2) is 0 Å². The average Bonchev–Trinajstić information content (AvgIpc) is 2.49. The summed E-state index contributed by atoms with van der Waals surface area (Å²) in [5.74, 6) is -0.247. The van der Waals surface area contributed by atoms with E-state index in [0.717, 1.165) is 16.7 Å². The molecule has 0 spiro atoms. The maximum atomic E-state index is 12.2. The maximum Gasteiger partial charge on any atom is 0.269 e. The van der Waals surface area contributed by atoms with E-state index in [4.69, 9.17) is 0 Å². The number of amides is 1. The van der Waals surface area contributed by atoms with Crippen LogP contribution in [0.3, 0.4) is 0 Å². The number of nitro groups is 1. The summed E-state index contributed by atoms with van der Waals surface area (Å²) in [6, 6.07) is 11.6. The Kier molecular flexibility index (Phi) is 4.56. The average molecular weight is 298 g/mol. The van der Waals surface area contributed by atoms with E-state index in [1.165, 1.54) is 24.3 Å². The number of rotatable bonds is 4. The first kappa shape index (κ1) is 15.7. The van der Waals surface area contributed by atoms with E-state index >= 15 is 0 Å². The smallest absolute Gasteiger partial charge is 0.269 e. The molecule has 0 saturated heterocycles. The molecule has 0 heterocycles. The van der Waals surface area contributed by atoms with Crippen LogP contribution in [0.2, 0.25) is 0 Å². The van der Waals surface area contributed by atoms with Crippen molar-refractivity contribution in [3.05, 3.63) is 74.8 Å². The molecule has 2 rings (SSSR count). The van der Waals surface area contributed by atoms with Crippen molar-refractivity contribution in [2.75, 3.05) is 0 Å². The highest BCUT2D eigenvalue weighted by molar-refractivity contribution is 5.94. The molecule has 0 radical (unpaired) electrons. The van der Waals surface area contributed by atoms with Crippen molar-refractivity contribution in [2.45, 2.75) is 26.8 Å². The summed E-state index contributed by atoms with van der Waals surface area (Å²) in [7, 11) is 0. The van der Waals surface area contributed by atoms with E-state index in [2.05, 4.69) is 11.4 Å². The van der Waals surface area contributed by atoms with Crippen LogP contribution < -0.4 is 5.32 Å². The largest absolute Gasteiger partial charge is 0.346 e. The van der Waals surface area contributed by atoms with Gasteiger partial charge in [-0.1, -0.05) is 23.8 Å². The van der Waals surface area contributed by atoms with E-state index < -0.39 is 4.92 Å². The molecular formula is C17H18N2O3. The van der Waals surface area contributed by atoms with E-state index in [-0.39, 0.29) is 17.6 Å². The summed E-state index contributed by atoms with van der Waals surface area (Å²) >= 11 is 0. The number of nitrogens with one attached hydrogen (secondary N) is 1. The molecule has 1 N–H and O–H groups in total. The Balaban J connectivity index is 2.14. The van der Waals surface area contributed by atoms with Gasteiger partial charge in [0.1, 0.15) is 0 Å². The highest BCUT2D eigenvalue weighted by Crippen LogP contribution is 2.20. The first-order chi connectivity index (χ1) is 10.4. The molecule has 2 aromatic rings. The zero-order chi connectivity index (χ0) is 16.3. The molecule has 0 aliphatic heterocycles. The van der Waals surface area contributed by atoms with Crippen molar-refractivity contribution in [2.24, 2.45) is 0 Å². The number of nitro benzene ring substituents is 1. The Morgan fingerprint density at radius 1 is 1.14 bits per heavy atom. The number of hydrogen-bond acceptors (Lipinski definition) is 3. The van der Waals surface area contributed by atoms with Crippen LogP contribution in [0, 0.1) is 24.0 Å². The quantitative estimate of drug-likeness (QED) is 0.691. The van der Waals surface area contributed by atoms with Gasteiger partial charge < -0.3 is 5.32 Å². The molecule has 22 heavy (non-hydrogen) atoms. The number of carbonyl (C=O) groups is 1. The summed E-state index contributed by atoms with van der Waals surface area (Å²) in [5, 5.41) is 13.5. The Bertz CT molecular complexity index is 708. The Labute approximate surface area is 129 Å². The first-order valence-electron chi connectivity index (χ1n) is 7.01. The van der Waals surface area contributed by atoms with Gasteiger partial charge in [0.05, 0.1) is 11.0 Å². The minimum absolute atomic E-state index is 0.0286. The van der Waals surface area contributed by atoms with Crippen molar-refractivity contribution in [1.29, 1.82) is 0 Å². The monoisotopic (exact) mass is 298 g/mol. The molecule has 0 bridgehead atoms. The summed E-state index contributed by atoms with van der Waals surface area (Å²) < 4.78 is 0. The van der Waals surface area contributed by atoms with Crippen LogP contribution in [-0.4, -0.2) is 10.8 Å². The summed E-state index contributed by atoms with van der Waals surface area (Å²) in [5.41, 5.74) is 3.69. The molecule has 0 aromatic heterocycles. The second kappa shape index (κ2) is 6.39. The van der Waals surface area contributed by atoms with Gasteiger partial charge in [0.2, 0.25) is 0 Å². The van der Waals surface area contributed by atoms with E-state index in [0.29, 0.717) is 5.56 Å². The van der Waals surface area contributed by atoms with E-state index in [9.17, 15) is 14.9 Å². The van der Waals surface area contributed by atoms with E-state index in [1.54, 1.807) is 0 Å². The van der Waals surface area contributed by atoms with Crippen LogP contribution in [0.1, 0.15) is 40.0 Å². The molecule has 0 saturated carbocycles. The molecule has 1 amide bonds. The molecule has 0 aliphatic carbocycles. The van der Waals surface area contributed by atoms with Gasteiger partial charge >= 0.3 is 0 Å². The number of hydrogen-bond donors (Lipinski definition) is 1. The van der Waals surface area contributed by atoms with Crippen LogP contribution in [-0.2, 0) is 0 Å². The lowest BCUT2D eigenvalue weighted by atomic mass is 9.99. The lowest BCUT2D eigenvalue weighted by molar-refractivity contribution is -0.384. The van der Waals surface area contributed by atoms with E-state index in [1.807, 2.05) is 32.9 Å². The fraction of sp³-hybridized carbons (Fsp3) is 0.235. The van der Waals surface area contributed by atoms with Crippen molar-refractivity contribution in [1.82, 2.24) is 5.32 Å². The van der Waals surface area contributed by atoms with Crippen molar-refractivity contribution in [3.8, 4) is 0 Å². The van der Waals surface area contributed by atoms with Crippen LogP contribution in [0.4, 0.5) is 5.69 Å². The molecule has 5 heteroatoms. The molecular weight excluding hydrogens is 280 g/mol. The van der Waals surface area contributed by atoms with Gasteiger partial charge in [-0.15, -0.1) is 0 Å². The summed E-state index contributed by atoms with van der Waals surface area (Å²) in [4.78, 5) is 22.4. The van der Waals surface area contributed by atoms with Crippen LogP contribution in [0.15, 0.2) is 42.5 Å². The van der Waals surface area contributed by atoms with Crippen LogP contribution >= 0.6 is 0 Å². The first-order valence-corrected chi connectivity index (χ1v) is 7.01. The molecule has 2 aromatic carbocycles. The lowest BCUT2D eigenvalue weighted by Crippen LogP contribution is -2.27. The standard InChI is InChI=1S/C17H18N2O3/c1-11-4-5-12(2)16(10-11)13(3)18-17(20)14-6-8-15(9-7-14)19(21)22/h4-10,13H,1-3H3,(H,18,20)/t13-/m1/s1. The van der Waals surface area contributed by atoms with Crippen LogP contribution in [0.25, 0.3) is 0 Å². The normalized spacial score (nSPS) is 11.8. The predicted octanol–water partition coefficient (Wildman–Crippen LogP) is 3.70. The highest BCUT2D eigenvalue weighted by atomic mass is 16.6. The predicted molar refractivity (Wildman–Crippen MR) is 84.9 cm³/mol. The summed E-state index contributed by atoms with van der Waals surface area (Å²) in [6.07, 6.45) is 0. The third-order valence-electron chi connectivity index (χ3n) is 3.59. The third kappa shape index (κ3) is 3.49. The van der Waals surface area contributed by atoms with Crippen molar-refractivity contribution < 1.29 is 9.72 Å². The molecule has 1 atom stereocenters. The molecule has 0 fully saturated rings. The highest BCUT2D eigenvalue weighted by Gasteiger charge is 2.14. The number of nitrogens with zero attached hydrogens (tertiary/aromatic N) is 1. The van der Waals surface area contributed by atoms with Crippen molar-refractivity contribution in [3.63, 3.8) is 0 Å². The lowest BCUT2D eigenvalue weighted by Gasteiger charge is -2.17. The minimum Gasteiger partial charge on any atom is -0.346 e. The third-order valence-corrected chi connectivity index (χ3v) is 3.59. The minimum atomic E-state index is -0.486. The van der Waals surface area contributed by atoms with Gasteiger partial charge in [-0.2, -0.15) is 0 Å². The zero-order valence-electron chi connectivity index (χ0n) is 12.8. The van der Waals surface area contributed by atoms with Gasteiger partial charge in [-0.05, 0) is 44.0 Å². The Hall–Kier alpha value is -2.69. The second-order valence-electron chi connectivity index (χ2n) is 5.36. The Morgan fingerprint density at radius 3 is 2.36 bits per heavy atom. The zero-order valence-corrected chi connectivity index (χ0v) is 12.8. The van der Waals surface area contributed by atoms with Gasteiger partial charge in [0, 0.05) is 17.7 Å². The topological polar surface area (TPSA) is 72.2 Å². The second-order valence-corrected chi connectivity index (χ2v) is 5.36. The van der Waals surface area contributed by atoms with Crippen molar-refractivity contribution >= 4 is 11.6 Å². The summed E-state index contributed by atoms with van der Waals surface area (Å²) in [6.45, 7) is 5.93. The molecule has 5 nitrogen and oxygen atoms in total. The number of aryl methyl sites for hydroxylation is 2. The van der Waals surface area contributed by atoms with Crippen LogP contribution in [0.5, 0.6) is 0 Å². The number of benzene rings is 2. The SMILES string of the molecule is Cc1ccc(C)c([C@@H](C)NC(=O)c2ccc([N+](=O)[O-])cc2)c1. The fourth-order valence-corrected chi connectivity index (χ4v) is 2.32. The number of non-ortho nitro benzene ring substituents is 1. The number of carbonyl (C=O) groups excluding carboxylic acids is 1. The van der Waals surface area contributed by atoms with Gasteiger partial charge in [-0.3, -0.25) is 14.9 Å².